The van der Waals surface area contributed by atoms with Crippen molar-refractivity contribution in [2.75, 3.05) is 0 Å². The first-order chi connectivity index (χ1) is 20.9. The number of rotatable bonds is 8. The molecule has 5 nitrogen and oxygen atoms in total. The Kier molecular flexibility index (Phi) is 7.26. The van der Waals surface area contributed by atoms with Gasteiger partial charge in [-0.05, 0) is 64.9 Å². The maximum Gasteiger partial charge on any atom is 0.335 e. The molecule has 0 saturated heterocycles. The standard InChI is InChI=1S/C38H32N2O3/c1-27-14-12-23-34(28(27)2)38(43,33-22-13-15-29(24-33)36(41)42)35-25-40(26-39-35)37(30-16-6-3-7-17-30,31-18-8-4-9-19-31)32-20-10-5-11-21-32/h3-26,43H,1-2H3,(H,41,42). The van der Waals surface area contributed by atoms with Crippen molar-refractivity contribution in [3.8, 4) is 0 Å². The molecule has 5 aromatic carbocycles. The van der Waals surface area contributed by atoms with E-state index in [9.17, 15) is 15.0 Å². The monoisotopic (exact) mass is 564 g/mol. The van der Waals surface area contributed by atoms with Gasteiger partial charge in [0.15, 0.2) is 5.60 Å². The van der Waals surface area contributed by atoms with Gasteiger partial charge < -0.3 is 14.8 Å². The van der Waals surface area contributed by atoms with Crippen LogP contribution in [0.25, 0.3) is 0 Å². The van der Waals surface area contributed by atoms with Crippen LogP contribution in [0.5, 0.6) is 0 Å². The van der Waals surface area contributed by atoms with Crippen LogP contribution >= 0.6 is 0 Å². The molecule has 0 aliphatic rings. The van der Waals surface area contributed by atoms with E-state index in [0.29, 0.717) is 16.8 Å². The van der Waals surface area contributed by atoms with Crippen molar-refractivity contribution in [1.29, 1.82) is 0 Å². The van der Waals surface area contributed by atoms with Crippen LogP contribution in [0.3, 0.4) is 0 Å². The molecule has 1 heterocycles. The quantitative estimate of drug-likeness (QED) is 0.190. The van der Waals surface area contributed by atoms with Gasteiger partial charge in [-0.25, -0.2) is 9.78 Å². The topological polar surface area (TPSA) is 75.3 Å². The molecule has 6 rings (SSSR count). The Morgan fingerprint density at radius 2 is 1.19 bits per heavy atom. The third kappa shape index (κ3) is 4.64. The Labute approximate surface area is 251 Å². The van der Waals surface area contributed by atoms with E-state index in [2.05, 4.69) is 41.0 Å². The molecule has 0 bridgehead atoms. The van der Waals surface area contributed by atoms with Crippen molar-refractivity contribution >= 4 is 5.97 Å². The minimum Gasteiger partial charge on any atom is -0.478 e. The van der Waals surface area contributed by atoms with Gasteiger partial charge in [-0.3, -0.25) is 0 Å². The number of carbonyl (C=O) groups is 1. The molecule has 43 heavy (non-hydrogen) atoms. The third-order valence-electron chi connectivity index (χ3n) is 8.44. The zero-order valence-corrected chi connectivity index (χ0v) is 24.1. The fourth-order valence-corrected chi connectivity index (χ4v) is 6.14. The van der Waals surface area contributed by atoms with Crippen molar-refractivity contribution in [3.63, 3.8) is 0 Å². The van der Waals surface area contributed by atoms with Crippen molar-refractivity contribution < 1.29 is 15.0 Å². The fraction of sp³-hybridized carbons (Fsp3) is 0.105. The number of aliphatic hydroxyl groups is 1. The molecule has 0 saturated carbocycles. The summed E-state index contributed by atoms with van der Waals surface area (Å²) >= 11 is 0. The number of carboxylic acids is 1. The zero-order valence-electron chi connectivity index (χ0n) is 24.1. The van der Waals surface area contributed by atoms with Gasteiger partial charge in [-0.2, -0.15) is 0 Å². The molecule has 0 aliphatic carbocycles. The Morgan fingerprint density at radius 3 is 1.72 bits per heavy atom. The molecule has 5 heteroatoms. The van der Waals surface area contributed by atoms with Crippen LogP contribution in [0.2, 0.25) is 0 Å². The molecule has 0 spiro atoms. The molecular weight excluding hydrogens is 532 g/mol. The summed E-state index contributed by atoms with van der Waals surface area (Å²) in [6.07, 6.45) is 3.65. The van der Waals surface area contributed by atoms with Crippen LogP contribution in [0.4, 0.5) is 0 Å². The lowest BCUT2D eigenvalue weighted by Gasteiger charge is -2.37. The van der Waals surface area contributed by atoms with Gasteiger partial charge >= 0.3 is 5.97 Å². The summed E-state index contributed by atoms with van der Waals surface area (Å²) in [6, 6.07) is 43.0. The third-order valence-corrected chi connectivity index (χ3v) is 8.44. The number of aryl methyl sites for hydroxylation is 1. The molecule has 1 aromatic heterocycles. The lowest BCUT2D eigenvalue weighted by Crippen LogP contribution is -2.37. The maximum absolute atomic E-state index is 12.9. The Morgan fingerprint density at radius 1 is 0.674 bits per heavy atom. The van der Waals surface area contributed by atoms with Gasteiger partial charge in [0.05, 0.1) is 17.6 Å². The largest absolute Gasteiger partial charge is 0.478 e. The highest BCUT2D eigenvalue weighted by atomic mass is 16.4. The number of carboxylic acid groups (broad SMARTS) is 1. The van der Waals surface area contributed by atoms with Gasteiger partial charge in [0, 0.05) is 6.20 Å². The van der Waals surface area contributed by atoms with Crippen LogP contribution in [-0.2, 0) is 11.1 Å². The second-order valence-corrected chi connectivity index (χ2v) is 10.8. The van der Waals surface area contributed by atoms with Gasteiger partial charge in [0.2, 0.25) is 0 Å². The van der Waals surface area contributed by atoms with Crippen molar-refractivity contribution in [3.05, 3.63) is 196 Å². The second-order valence-electron chi connectivity index (χ2n) is 10.8. The van der Waals surface area contributed by atoms with Crippen LogP contribution in [-0.4, -0.2) is 25.7 Å². The highest BCUT2D eigenvalue weighted by Crippen LogP contribution is 2.43. The van der Waals surface area contributed by atoms with E-state index < -0.39 is 17.1 Å². The molecule has 6 aromatic rings. The van der Waals surface area contributed by atoms with Crippen LogP contribution in [0.1, 0.15) is 55.0 Å². The minimum atomic E-state index is -1.73. The van der Waals surface area contributed by atoms with Gasteiger partial charge in [-0.15, -0.1) is 0 Å². The highest BCUT2D eigenvalue weighted by molar-refractivity contribution is 5.88. The van der Waals surface area contributed by atoms with Crippen molar-refractivity contribution in [1.82, 2.24) is 9.55 Å². The maximum atomic E-state index is 12.9. The van der Waals surface area contributed by atoms with E-state index in [1.54, 1.807) is 18.5 Å². The number of hydrogen-bond donors (Lipinski definition) is 2. The molecule has 0 amide bonds. The average molecular weight is 565 g/mol. The van der Waals surface area contributed by atoms with Crippen LogP contribution < -0.4 is 0 Å². The lowest BCUT2D eigenvalue weighted by molar-refractivity contribution is 0.0696. The Hall–Kier alpha value is -5.26. The van der Waals surface area contributed by atoms with E-state index in [0.717, 1.165) is 27.8 Å². The SMILES string of the molecule is Cc1cccc(C(O)(c2cccc(C(=O)O)c2)c2cn(C(c3ccccc3)(c3ccccc3)c3ccccc3)cn2)c1C. The second kappa shape index (κ2) is 11.2. The predicted molar refractivity (Wildman–Crippen MR) is 168 cm³/mol. The summed E-state index contributed by atoms with van der Waals surface area (Å²) in [5.74, 6) is -1.06. The smallest absolute Gasteiger partial charge is 0.335 e. The number of nitrogens with zero attached hydrogens (tertiary/aromatic N) is 2. The van der Waals surface area contributed by atoms with E-state index in [1.807, 2.05) is 92.8 Å². The normalized spacial score (nSPS) is 12.9. The lowest BCUT2D eigenvalue weighted by atomic mass is 9.76. The van der Waals surface area contributed by atoms with Crippen LogP contribution in [0.15, 0.2) is 146 Å². The molecular formula is C38H32N2O3. The molecule has 0 radical (unpaired) electrons. The number of aromatic nitrogens is 2. The van der Waals surface area contributed by atoms with Gasteiger partial charge in [0.25, 0.3) is 0 Å². The minimum absolute atomic E-state index is 0.0906. The number of aromatic carboxylic acids is 1. The molecule has 1 atom stereocenters. The summed E-state index contributed by atoms with van der Waals surface area (Å²) in [7, 11) is 0. The van der Waals surface area contributed by atoms with E-state index in [1.165, 1.54) is 12.1 Å². The summed E-state index contributed by atoms with van der Waals surface area (Å²) < 4.78 is 2.06. The Balaban J connectivity index is 1.67. The Bertz CT molecular complexity index is 1780. The summed E-state index contributed by atoms with van der Waals surface area (Å²) in [5.41, 5.74) is 3.99. The molecule has 1 unspecified atom stereocenters. The highest BCUT2D eigenvalue weighted by Gasteiger charge is 2.42. The van der Waals surface area contributed by atoms with E-state index >= 15 is 0 Å². The number of benzene rings is 5. The first-order valence-corrected chi connectivity index (χ1v) is 14.2. The average Bonchev–Trinajstić information content (AvgIpc) is 3.55. The van der Waals surface area contributed by atoms with E-state index in [4.69, 9.17) is 4.98 Å². The number of hydrogen-bond acceptors (Lipinski definition) is 3. The zero-order chi connectivity index (χ0) is 30.0. The van der Waals surface area contributed by atoms with Gasteiger partial charge in [0.1, 0.15) is 5.54 Å². The first kappa shape index (κ1) is 27.9. The van der Waals surface area contributed by atoms with Gasteiger partial charge in [-0.1, -0.05) is 121 Å². The summed E-state index contributed by atoms with van der Waals surface area (Å²) in [5, 5.41) is 22.7. The molecule has 0 aliphatic heterocycles. The van der Waals surface area contributed by atoms with E-state index in [-0.39, 0.29) is 5.56 Å². The first-order valence-electron chi connectivity index (χ1n) is 14.2. The molecule has 212 valence electrons. The molecule has 0 fully saturated rings. The summed E-state index contributed by atoms with van der Waals surface area (Å²) in [4.78, 5) is 16.9. The van der Waals surface area contributed by atoms with Crippen molar-refractivity contribution in [2.24, 2.45) is 0 Å². The predicted octanol–water partition coefficient (Wildman–Crippen LogP) is 7.32. The molecule has 2 N–H and O–H groups in total. The number of imidazole rings is 1. The van der Waals surface area contributed by atoms with Crippen LogP contribution in [0, 0.1) is 13.8 Å². The fourth-order valence-electron chi connectivity index (χ4n) is 6.14. The summed E-state index contributed by atoms with van der Waals surface area (Å²) in [6.45, 7) is 3.96. The van der Waals surface area contributed by atoms with Crippen molar-refractivity contribution in [2.45, 2.75) is 25.0 Å².